The SMILES string of the molecule is Cn1ccnc1-c1ccc(F)cc1CN. The molecule has 0 aliphatic heterocycles. The maximum absolute atomic E-state index is 13.0. The number of aryl methyl sites for hydroxylation is 1. The van der Waals surface area contributed by atoms with Crippen molar-refractivity contribution in [1.29, 1.82) is 0 Å². The van der Waals surface area contributed by atoms with Gasteiger partial charge in [0.1, 0.15) is 11.6 Å². The summed E-state index contributed by atoms with van der Waals surface area (Å²) < 4.78 is 14.9. The molecule has 2 aromatic rings. The lowest BCUT2D eigenvalue weighted by Gasteiger charge is -2.07. The molecule has 1 heterocycles. The van der Waals surface area contributed by atoms with Crippen LogP contribution < -0.4 is 5.73 Å². The van der Waals surface area contributed by atoms with Gasteiger partial charge in [0.25, 0.3) is 0 Å². The number of nitrogens with zero attached hydrogens (tertiary/aromatic N) is 2. The van der Waals surface area contributed by atoms with Gasteiger partial charge in [-0.3, -0.25) is 0 Å². The Morgan fingerprint density at radius 3 is 2.87 bits per heavy atom. The molecule has 0 aliphatic rings. The Balaban J connectivity index is 2.58. The van der Waals surface area contributed by atoms with Crippen LogP contribution in [0.3, 0.4) is 0 Å². The lowest BCUT2D eigenvalue weighted by molar-refractivity contribution is 0.625. The Hall–Kier alpha value is -1.68. The van der Waals surface area contributed by atoms with Gasteiger partial charge in [0, 0.05) is 31.5 Å². The molecule has 0 amide bonds. The van der Waals surface area contributed by atoms with Crippen molar-refractivity contribution in [3.05, 3.63) is 42.0 Å². The Morgan fingerprint density at radius 2 is 2.27 bits per heavy atom. The van der Waals surface area contributed by atoms with E-state index in [1.807, 2.05) is 17.8 Å². The van der Waals surface area contributed by atoms with Crippen molar-refractivity contribution in [3.8, 4) is 11.4 Å². The van der Waals surface area contributed by atoms with Crippen LogP contribution in [0.25, 0.3) is 11.4 Å². The highest BCUT2D eigenvalue weighted by molar-refractivity contribution is 5.60. The van der Waals surface area contributed by atoms with Gasteiger partial charge < -0.3 is 10.3 Å². The average molecular weight is 205 g/mol. The minimum Gasteiger partial charge on any atom is -0.334 e. The van der Waals surface area contributed by atoms with E-state index in [0.29, 0.717) is 6.54 Å². The summed E-state index contributed by atoms with van der Waals surface area (Å²) in [6.07, 6.45) is 3.55. The molecule has 15 heavy (non-hydrogen) atoms. The van der Waals surface area contributed by atoms with E-state index < -0.39 is 0 Å². The number of nitrogens with two attached hydrogens (primary N) is 1. The van der Waals surface area contributed by atoms with Crippen molar-refractivity contribution < 1.29 is 4.39 Å². The first kappa shape index (κ1) is 9.86. The monoisotopic (exact) mass is 205 g/mol. The molecule has 3 nitrogen and oxygen atoms in total. The first-order valence-corrected chi connectivity index (χ1v) is 4.68. The van der Waals surface area contributed by atoms with Gasteiger partial charge in [0.2, 0.25) is 0 Å². The number of hydrogen-bond donors (Lipinski definition) is 1. The molecular formula is C11H12FN3. The third kappa shape index (κ3) is 1.76. The van der Waals surface area contributed by atoms with Crippen LogP contribution in [-0.2, 0) is 13.6 Å². The van der Waals surface area contributed by atoms with Crippen molar-refractivity contribution in [1.82, 2.24) is 9.55 Å². The molecule has 4 heteroatoms. The zero-order chi connectivity index (χ0) is 10.8. The third-order valence-electron chi connectivity index (χ3n) is 2.35. The number of halogens is 1. The van der Waals surface area contributed by atoms with Crippen molar-refractivity contribution >= 4 is 0 Å². The van der Waals surface area contributed by atoms with Crippen LogP contribution in [0.1, 0.15) is 5.56 Å². The van der Waals surface area contributed by atoms with Crippen LogP contribution in [0.5, 0.6) is 0 Å². The highest BCUT2D eigenvalue weighted by Crippen LogP contribution is 2.22. The molecule has 0 atom stereocenters. The fourth-order valence-electron chi connectivity index (χ4n) is 1.57. The Kier molecular flexibility index (Phi) is 2.51. The summed E-state index contributed by atoms with van der Waals surface area (Å²) in [5.41, 5.74) is 7.22. The summed E-state index contributed by atoms with van der Waals surface area (Å²) in [7, 11) is 1.89. The minimum absolute atomic E-state index is 0.270. The summed E-state index contributed by atoms with van der Waals surface area (Å²) in [5, 5.41) is 0. The van der Waals surface area contributed by atoms with Gasteiger partial charge in [-0.15, -0.1) is 0 Å². The summed E-state index contributed by atoms with van der Waals surface area (Å²) in [4.78, 5) is 4.21. The lowest BCUT2D eigenvalue weighted by Crippen LogP contribution is -2.02. The standard InChI is InChI=1S/C11H12FN3/c1-15-5-4-14-11(15)10-3-2-9(12)6-8(10)7-13/h2-6H,7,13H2,1H3. The van der Waals surface area contributed by atoms with E-state index in [0.717, 1.165) is 17.0 Å². The number of aromatic nitrogens is 2. The molecule has 2 rings (SSSR count). The summed E-state index contributed by atoms with van der Waals surface area (Å²) in [6, 6.07) is 4.58. The molecule has 1 aromatic heterocycles. The van der Waals surface area contributed by atoms with Gasteiger partial charge in [0.15, 0.2) is 0 Å². The predicted octanol–water partition coefficient (Wildman–Crippen LogP) is 1.68. The quantitative estimate of drug-likeness (QED) is 0.810. The van der Waals surface area contributed by atoms with E-state index in [1.165, 1.54) is 12.1 Å². The highest BCUT2D eigenvalue weighted by Gasteiger charge is 2.08. The molecule has 0 fully saturated rings. The first-order valence-electron chi connectivity index (χ1n) is 4.68. The molecular weight excluding hydrogens is 193 g/mol. The molecule has 0 aliphatic carbocycles. The Labute approximate surface area is 87.4 Å². The number of rotatable bonds is 2. The van der Waals surface area contributed by atoms with Crippen LogP contribution >= 0.6 is 0 Å². The van der Waals surface area contributed by atoms with Gasteiger partial charge >= 0.3 is 0 Å². The number of imidazole rings is 1. The topological polar surface area (TPSA) is 43.8 Å². The summed E-state index contributed by atoms with van der Waals surface area (Å²) in [5.74, 6) is 0.531. The van der Waals surface area contributed by atoms with E-state index in [-0.39, 0.29) is 5.82 Å². The van der Waals surface area contributed by atoms with E-state index in [1.54, 1.807) is 12.3 Å². The minimum atomic E-state index is -0.270. The smallest absolute Gasteiger partial charge is 0.139 e. The van der Waals surface area contributed by atoms with Gasteiger partial charge in [0.05, 0.1) is 0 Å². The second-order valence-electron chi connectivity index (χ2n) is 3.37. The molecule has 0 radical (unpaired) electrons. The third-order valence-corrected chi connectivity index (χ3v) is 2.35. The van der Waals surface area contributed by atoms with Crippen molar-refractivity contribution in [2.45, 2.75) is 6.54 Å². The summed E-state index contributed by atoms with van der Waals surface area (Å²) in [6.45, 7) is 0.306. The maximum Gasteiger partial charge on any atom is 0.139 e. The van der Waals surface area contributed by atoms with Crippen molar-refractivity contribution in [2.24, 2.45) is 12.8 Å². The van der Waals surface area contributed by atoms with Gasteiger partial charge in [-0.25, -0.2) is 9.37 Å². The van der Waals surface area contributed by atoms with Gasteiger partial charge in [-0.05, 0) is 23.8 Å². The lowest BCUT2D eigenvalue weighted by atomic mass is 10.1. The molecule has 1 aromatic carbocycles. The number of hydrogen-bond acceptors (Lipinski definition) is 2. The van der Waals surface area contributed by atoms with Crippen LogP contribution in [0.15, 0.2) is 30.6 Å². The second-order valence-corrected chi connectivity index (χ2v) is 3.37. The molecule has 2 N–H and O–H groups in total. The van der Waals surface area contributed by atoms with E-state index in [2.05, 4.69) is 4.98 Å². The van der Waals surface area contributed by atoms with E-state index >= 15 is 0 Å². The fraction of sp³-hybridized carbons (Fsp3) is 0.182. The molecule has 0 saturated heterocycles. The molecule has 0 bridgehead atoms. The summed E-state index contributed by atoms with van der Waals surface area (Å²) >= 11 is 0. The highest BCUT2D eigenvalue weighted by atomic mass is 19.1. The van der Waals surface area contributed by atoms with Gasteiger partial charge in [-0.1, -0.05) is 0 Å². The number of benzene rings is 1. The van der Waals surface area contributed by atoms with Crippen LogP contribution in [-0.4, -0.2) is 9.55 Å². The Morgan fingerprint density at radius 1 is 1.47 bits per heavy atom. The maximum atomic E-state index is 13.0. The van der Waals surface area contributed by atoms with Crippen LogP contribution in [0.4, 0.5) is 4.39 Å². The van der Waals surface area contributed by atoms with Gasteiger partial charge in [-0.2, -0.15) is 0 Å². The largest absolute Gasteiger partial charge is 0.334 e. The normalized spacial score (nSPS) is 10.6. The van der Waals surface area contributed by atoms with Crippen LogP contribution in [0.2, 0.25) is 0 Å². The predicted molar refractivity (Wildman–Crippen MR) is 56.5 cm³/mol. The average Bonchev–Trinajstić information content (AvgIpc) is 2.64. The van der Waals surface area contributed by atoms with Crippen molar-refractivity contribution in [3.63, 3.8) is 0 Å². The zero-order valence-corrected chi connectivity index (χ0v) is 8.44. The van der Waals surface area contributed by atoms with Crippen molar-refractivity contribution in [2.75, 3.05) is 0 Å². The first-order chi connectivity index (χ1) is 7.22. The Bertz CT molecular complexity index is 476. The fourth-order valence-corrected chi connectivity index (χ4v) is 1.57. The zero-order valence-electron chi connectivity index (χ0n) is 8.44. The molecule has 0 unspecified atom stereocenters. The molecule has 78 valence electrons. The molecule has 0 spiro atoms. The van der Waals surface area contributed by atoms with E-state index in [9.17, 15) is 4.39 Å². The second kappa shape index (κ2) is 3.82. The van der Waals surface area contributed by atoms with Crippen LogP contribution in [0, 0.1) is 5.82 Å². The van der Waals surface area contributed by atoms with E-state index in [4.69, 9.17) is 5.73 Å². The molecule has 0 saturated carbocycles.